The maximum Gasteiger partial charge on any atom is 0.328 e. The number of rotatable bonds is 3. The number of methoxy groups -OCH3 is 1. The second-order valence-corrected chi connectivity index (χ2v) is 5.08. The van der Waals surface area contributed by atoms with Gasteiger partial charge in [0.2, 0.25) is 0 Å². The average Bonchev–Trinajstić information content (AvgIpc) is 2.92. The number of aryl methyl sites for hydroxylation is 1. The van der Waals surface area contributed by atoms with Crippen LogP contribution in [0, 0.1) is 6.92 Å². The van der Waals surface area contributed by atoms with E-state index in [2.05, 4.69) is 17.9 Å². The van der Waals surface area contributed by atoms with Crippen LogP contribution >= 0.6 is 11.3 Å². The minimum absolute atomic E-state index is 0.132. The Balaban J connectivity index is 2.27. The van der Waals surface area contributed by atoms with Gasteiger partial charge in [-0.25, -0.2) is 4.79 Å². The zero-order valence-electron chi connectivity index (χ0n) is 9.73. The number of hydrogen-bond donors (Lipinski definition) is 0. The normalized spacial score (nSPS) is 18.6. The number of nitrogens with zero attached hydrogens (tertiary/aromatic N) is 1. The molecule has 1 aromatic rings. The highest BCUT2D eigenvalue weighted by Gasteiger charge is 2.32. The van der Waals surface area contributed by atoms with Crippen molar-refractivity contribution in [3.8, 4) is 0 Å². The first-order valence-corrected chi connectivity index (χ1v) is 6.48. The van der Waals surface area contributed by atoms with E-state index in [1.165, 1.54) is 25.5 Å². The highest BCUT2D eigenvalue weighted by atomic mass is 32.1. The van der Waals surface area contributed by atoms with Crippen LogP contribution in [0.15, 0.2) is 11.4 Å². The van der Waals surface area contributed by atoms with Crippen molar-refractivity contribution in [3.63, 3.8) is 0 Å². The van der Waals surface area contributed by atoms with Crippen molar-refractivity contribution in [1.29, 1.82) is 0 Å². The molecule has 4 heteroatoms. The van der Waals surface area contributed by atoms with E-state index < -0.39 is 0 Å². The molecule has 0 saturated carbocycles. The van der Waals surface area contributed by atoms with Crippen LogP contribution in [-0.4, -0.2) is 31.1 Å². The Morgan fingerprint density at radius 3 is 2.69 bits per heavy atom. The van der Waals surface area contributed by atoms with E-state index in [0.717, 1.165) is 18.0 Å². The molecule has 1 aliphatic rings. The van der Waals surface area contributed by atoms with E-state index in [-0.39, 0.29) is 12.0 Å². The van der Waals surface area contributed by atoms with Crippen molar-refractivity contribution in [2.45, 2.75) is 25.8 Å². The molecule has 0 radical (unpaired) electrons. The maximum atomic E-state index is 11.9. The molecule has 2 heterocycles. The molecule has 0 amide bonds. The number of thiophene rings is 1. The number of ether oxygens (including phenoxy) is 1. The van der Waals surface area contributed by atoms with Gasteiger partial charge in [0.1, 0.15) is 6.04 Å². The molecule has 1 aliphatic heterocycles. The van der Waals surface area contributed by atoms with Crippen molar-refractivity contribution in [1.82, 2.24) is 4.90 Å². The second kappa shape index (κ2) is 4.97. The third kappa shape index (κ3) is 2.13. The van der Waals surface area contributed by atoms with Gasteiger partial charge >= 0.3 is 5.97 Å². The summed E-state index contributed by atoms with van der Waals surface area (Å²) in [5.74, 6) is -0.132. The molecule has 0 spiro atoms. The lowest BCUT2D eigenvalue weighted by Gasteiger charge is -2.24. The fourth-order valence-corrected chi connectivity index (χ4v) is 3.24. The Labute approximate surface area is 100 Å². The third-order valence-corrected chi connectivity index (χ3v) is 4.15. The molecule has 88 valence electrons. The van der Waals surface area contributed by atoms with Crippen LogP contribution in [0.4, 0.5) is 0 Å². The second-order valence-electron chi connectivity index (χ2n) is 4.14. The summed E-state index contributed by atoms with van der Waals surface area (Å²) in [5.41, 5.74) is 1.19. The molecule has 16 heavy (non-hydrogen) atoms. The lowest BCUT2D eigenvalue weighted by molar-refractivity contribution is -0.146. The topological polar surface area (TPSA) is 29.5 Å². The van der Waals surface area contributed by atoms with Crippen LogP contribution in [0.5, 0.6) is 0 Å². The minimum Gasteiger partial charge on any atom is -0.468 e. The van der Waals surface area contributed by atoms with Gasteiger partial charge in [0.25, 0.3) is 0 Å². The van der Waals surface area contributed by atoms with Crippen LogP contribution in [-0.2, 0) is 9.53 Å². The molecular formula is C12H17NO2S. The Kier molecular flexibility index (Phi) is 3.61. The fourth-order valence-electron chi connectivity index (χ4n) is 2.20. The van der Waals surface area contributed by atoms with Crippen molar-refractivity contribution in [2.24, 2.45) is 0 Å². The summed E-state index contributed by atoms with van der Waals surface area (Å²) in [6.45, 7) is 4.05. The van der Waals surface area contributed by atoms with E-state index in [1.807, 2.05) is 5.38 Å². The predicted molar refractivity (Wildman–Crippen MR) is 64.6 cm³/mol. The molecule has 1 atom stereocenters. The van der Waals surface area contributed by atoms with Gasteiger partial charge in [-0.05, 0) is 49.9 Å². The quantitative estimate of drug-likeness (QED) is 0.758. The molecule has 1 unspecified atom stereocenters. The lowest BCUT2D eigenvalue weighted by Crippen LogP contribution is -2.32. The molecule has 2 rings (SSSR count). The van der Waals surface area contributed by atoms with Crippen molar-refractivity contribution in [3.05, 3.63) is 21.9 Å². The summed E-state index contributed by atoms with van der Waals surface area (Å²) in [7, 11) is 1.47. The lowest BCUT2D eigenvalue weighted by atomic mass is 10.1. The molecule has 0 N–H and O–H groups in total. The summed E-state index contributed by atoms with van der Waals surface area (Å²) >= 11 is 1.65. The smallest absolute Gasteiger partial charge is 0.328 e. The summed E-state index contributed by atoms with van der Waals surface area (Å²) in [4.78, 5) is 15.3. The predicted octanol–water partition coefficient (Wildman–Crippen LogP) is 2.37. The van der Waals surface area contributed by atoms with E-state index in [9.17, 15) is 4.79 Å². The number of esters is 1. The Bertz CT molecular complexity index is 369. The Hall–Kier alpha value is -0.870. The number of likely N-dealkylation sites (tertiary alicyclic amines) is 1. The minimum atomic E-state index is -0.188. The fraction of sp³-hybridized carbons (Fsp3) is 0.583. The van der Waals surface area contributed by atoms with Crippen molar-refractivity contribution < 1.29 is 9.53 Å². The first-order valence-electron chi connectivity index (χ1n) is 5.60. The van der Waals surface area contributed by atoms with E-state index >= 15 is 0 Å². The molecule has 3 nitrogen and oxygen atoms in total. The number of carbonyl (C=O) groups excluding carboxylic acids is 1. The van der Waals surface area contributed by atoms with Gasteiger partial charge in [0, 0.05) is 4.88 Å². The van der Waals surface area contributed by atoms with Gasteiger partial charge < -0.3 is 4.74 Å². The molecule has 1 saturated heterocycles. The summed E-state index contributed by atoms with van der Waals surface area (Å²) < 4.78 is 4.93. The SMILES string of the molecule is COC(=O)C(c1sccc1C)N1CCCC1. The summed E-state index contributed by atoms with van der Waals surface area (Å²) in [6.07, 6.45) is 2.36. The first-order chi connectivity index (χ1) is 7.74. The first kappa shape index (κ1) is 11.6. The van der Waals surface area contributed by atoms with Crippen LogP contribution in [0.3, 0.4) is 0 Å². The van der Waals surface area contributed by atoms with Gasteiger partial charge in [-0.2, -0.15) is 0 Å². The molecule has 0 aromatic carbocycles. The van der Waals surface area contributed by atoms with Crippen molar-refractivity contribution >= 4 is 17.3 Å². The zero-order chi connectivity index (χ0) is 11.5. The maximum absolute atomic E-state index is 11.9. The number of carbonyl (C=O) groups is 1. The molecule has 1 aromatic heterocycles. The van der Waals surface area contributed by atoms with Crippen LogP contribution in [0.25, 0.3) is 0 Å². The highest BCUT2D eigenvalue weighted by Crippen LogP contribution is 2.32. The van der Waals surface area contributed by atoms with Gasteiger partial charge in [-0.3, -0.25) is 4.90 Å². The standard InChI is InChI=1S/C12H17NO2S/c1-9-5-8-16-11(9)10(12(14)15-2)13-6-3-4-7-13/h5,8,10H,3-4,6-7H2,1-2H3. The van der Waals surface area contributed by atoms with Gasteiger partial charge in [0.05, 0.1) is 7.11 Å². The Morgan fingerprint density at radius 2 is 2.19 bits per heavy atom. The average molecular weight is 239 g/mol. The molecule has 1 fully saturated rings. The van der Waals surface area contributed by atoms with E-state index in [4.69, 9.17) is 4.74 Å². The highest BCUT2D eigenvalue weighted by molar-refractivity contribution is 7.10. The monoisotopic (exact) mass is 239 g/mol. The summed E-state index contributed by atoms with van der Waals surface area (Å²) in [6, 6.07) is 1.87. The van der Waals surface area contributed by atoms with Crippen LogP contribution in [0.1, 0.15) is 29.3 Å². The van der Waals surface area contributed by atoms with Gasteiger partial charge in [-0.15, -0.1) is 11.3 Å². The Morgan fingerprint density at radius 1 is 1.50 bits per heavy atom. The molecule has 0 bridgehead atoms. The molecular weight excluding hydrogens is 222 g/mol. The largest absolute Gasteiger partial charge is 0.468 e. The van der Waals surface area contributed by atoms with Crippen molar-refractivity contribution in [2.75, 3.05) is 20.2 Å². The van der Waals surface area contributed by atoms with Crippen LogP contribution < -0.4 is 0 Å². The van der Waals surface area contributed by atoms with E-state index in [1.54, 1.807) is 11.3 Å². The molecule has 0 aliphatic carbocycles. The zero-order valence-corrected chi connectivity index (χ0v) is 10.5. The number of hydrogen-bond acceptors (Lipinski definition) is 4. The summed E-state index contributed by atoms with van der Waals surface area (Å²) in [5, 5.41) is 2.04. The van der Waals surface area contributed by atoms with Gasteiger partial charge in [-0.1, -0.05) is 0 Å². The third-order valence-electron chi connectivity index (χ3n) is 3.08. The van der Waals surface area contributed by atoms with E-state index in [0.29, 0.717) is 0 Å². The van der Waals surface area contributed by atoms with Crippen LogP contribution in [0.2, 0.25) is 0 Å². The van der Waals surface area contributed by atoms with Gasteiger partial charge in [0.15, 0.2) is 0 Å².